The van der Waals surface area contributed by atoms with Crippen molar-refractivity contribution in [2.45, 2.75) is 38.7 Å². The van der Waals surface area contributed by atoms with Crippen molar-refractivity contribution in [2.24, 2.45) is 0 Å². The Morgan fingerprint density at radius 1 is 1.09 bits per heavy atom. The molecule has 172 valence electrons. The molecule has 1 saturated heterocycles. The van der Waals surface area contributed by atoms with Crippen LogP contribution in [0.25, 0.3) is 11.1 Å². The Balaban J connectivity index is 1.45. The van der Waals surface area contributed by atoms with E-state index in [1.807, 2.05) is 24.8 Å². The second-order valence-corrected chi connectivity index (χ2v) is 8.14. The lowest BCUT2D eigenvalue weighted by atomic mass is 9.93. The highest BCUT2D eigenvalue weighted by atomic mass is 16.5. The molecule has 0 atom stereocenters. The van der Waals surface area contributed by atoms with Crippen LogP contribution in [0.2, 0.25) is 0 Å². The van der Waals surface area contributed by atoms with Crippen molar-refractivity contribution in [3.8, 4) is 22.9 Å². The van der Waals surface area contributed by atoms with Gasteiger partial charge < -0.3 is 20.1 Å². The number of anilines is 1. The first kappa shape index (κ1) is 22.4. The van der Waals surface area contributed by atoms with Crippen molar-refractivity contribution < 1.29 is 14.3 Å². The Labute approximate surface area is 192 Å². The summed E-state index contributed by atoms with van der Waals surface area (Å²) in [5.74, 6) is 1.07. The van der Waals surface area contributed by atoms with E-state index in [0.29, 0.717) is 41.9 Å². The van der Waals surface area contributed by atoms with Crippen LogP contribution in [0.3, 0.4) is 0 Å². The third-order valence-corrected chi connectivity index (χ3v) is 5.49. The predicted octanol–water partition coefficient (Wildman–Crippen LogP) is 2.73. The van der Waals surface area contributed by atoms with Gasteiger partial charge in [0.05, 0.1) is 18.9 Å². The molecular formula is C23H27N7O3. The van der Waals surface area contributed by atoms with Gasteiger partial charge in [-0.05, 0) is 38.8 Å². The third-order valence-electron chi connectivity index (χ3n) is 5.49. The van der Waals surface area contributed by atoms with E-state index in [0.717, 1.165) is 24.1 Å². The summed E-state index contributed by atoms with van der Waals surface area (Å²) in [6, 6.07) is 5.63. The number of ether oxygens (including phenoxy) is 2. The van der Waals surface area contributed by atoms with Crippen molar-refractivity contribution >= 4 is 11.7 Å². The molecule has 0 saturated carbocycles. The second-order valence-electron chi connectivity index (χ2n) is 8.14. The molecule has 0 unspecified atom stereocenters. The minimum atomic E-state index is -0.126. The summed E-state index contributed by atoms with van der Waals surface area (Å²) in [5, 5.41) is 8.12. The van der Waals surface area contributed by atoms with Crippen molar-refractivity contribution in [2.75, 3.05) is 25.9 Å². The molecule has 0 aliphatic carbocycles. The summed E-state index contributed by atoms with van der Waals surface area (Å²) < 4.78 is 11.0. The van der Waals surface area contributed by atoms with Gasteiger partial charge in [0.2, 0.25) is 0 Å². The van der Waals surface area contributed by atoms with E-state index in [2.05, 4.69) is 25.1 Å². The minimum Gasteiger partial charge on any atom is -0.496 e. The van der Waals surface area contributed by atoms with Crippen molar-refractivity contribution in [1.29, 1.82) is 0 Å². The fourth-order valence-electron chi connectivity index (χ4n) is 3.78. The van der Waals surface area contributed by atoms with Crippen molar-refractivity contribution in [3.05, 3.63) is 48.2 Å². The van der Waals surface area contributed by atoms with Crippen LogP contribution in [-0.4, -0.2) is 62.3 Å². The topological polar surface area (TPSA) is 129 Å². The second kappa shape index (κ2) is 9.76. The molecule has 3 aromatic rings. The normalized spacial score (nSPS) is 14.4. The molecule has 1 fully saturated rings. The molecule has 3 aromatic heterocycles. The lowest BCUT2D eigenvalue weighted by Gasteiger charge is -2.31. The van der Waals surface area contributed by atoms with Gasteiger partial charge in [0.1, 0.15) is 17.3 Å². The summed E-state index contributed by atoms with van der Waals surface area (Å²) in [7, 11) is 1.56. The Morgan fingerprint density at radius 2 is 1.82 bits per heavy atom. The number of rotatable bonds is 6. The van der Waals surface area contributed by atoms with Crippen molar-refractivity contribution in [3.63, 3.8) is 0 Å². The minimum absolute atomic E-state index is 0.0122. The van der Waals surface area contributed by atoms with Crippen LogP contribution in [0.5, 0.6) is 11.8 Å². The smallest absolute Gasteiger partial charge is 0.316 e. The number of nitrogens with zero attached hydrogens (tertiary/aromatic N) is 6. The molecule has 4 heterocycles. The van der Waals surface area contributed by atoms with E-state index in [-0.39, 0.29) is 17.9 Å². The maximum absolute atomic E-state index is 13.1. The Hall–Kier alpha value is -3.82. The molecule has 4 rings (SSSR count). The molecule has 1 amide bonds. The lowest BCUT2D eigenvalue weighted by molar-refractivity contribution is 0.0705. The Morgan fingerprint density at radius 3 is 2.42 bits per heavy atom. The maximum Gasteiger partial charge on any atom is 0.316 e. The molecule has 0 radical (unpaired) electrons. The largest absolute Gasteiger partial charge is 0.496 e. The highest BCUT2D eigenvalue weighted by Crippen LogP contribution is 2.31. The van der Waals surface area contributed by atoms with E-state index in [1.54, 1.807) is 37.8 Å². The van der Waals surface area contributed by atoms with Crippen LogP contribution in [0, 0.1) is 0 Å². The third kappa shape index (κ3) is 5.16. The fraction of sp³-hybridized carbons (Fsp3) is 0.391. The fourth-order valence-corrected chi connectivity index (χ4v) is 3.78. The summed E-state index contributed by atoms with van der Waals surface area (Å²) in [4.78, 5) is 27.7. The van der Waals surface area contributed by atoms with E-state index in [1.165, 1.54) is 0 Å². The molecule has 10 heteroatoms. The van der Waals surface area contributed by atoms with Crippen LogP contribution in [0.15, 0.2) is 36.8 Å². The van der Waals surface area contributed by atoms with E-state index in [9.17, 15) is 4.79 Å². The average Bonchev–Trinajstić information content (AvgIpc) is 2.84. The van der Waals surface area contributed by atoms with Crippen LogP contribution in [-0.2, 0) is 0 Å². The summed E-state index contributed by atoms with van der Waals surface area (Å²) >= 11 is 0. The van der Waals surface area contributed by atoms with Crippen LogP contribution >= 0.6 is 0 Å². The predicted molar refractivity (Wildman–Crippen MR) is 122 cm³/mol. The molecule has 0 bridgehead atoms. The maximum atomic E-state index is 13.1. The zero-order chi connectivity index (χ0) is 23.4. The molecule has 2 N–H and O–H groups in total. The van der Waals surface area contributed by atoms with Gasteiger partial charge in [-0.25, -0.2) is 9.97 Å². The molecule has 1 aliphatic rings. The molecule has 10 nitrogen and oxygen atoms in total. The van der Waals surface area contributed by atoms with Gasteiger partial charge in [0, 0.05) is 54.8 Å². The number of carbonyl (C=O) groups is 1. The number of aromatic nitrogens is 5. The summed E-state index contributed by atoms with van der Waals surface area (Å²) in [6.07, 6.45) is 6.52. The van der Waals surface area contributed by atoms with Gasteiger partial charge in [0.15, 0.2) is 0 Å². The zero-order valence-electron chi connectivity index (χ0n) is 18.9. The number of methoxy groups -OCH3 is 1. The number of nitrogen functional groups attached to an aromatic ring is 1. The van der Waals surface area contributed by atoms with Gasteiger partial charge in [-0.2, -0.15) is 5.10 Å². The first-order valence-corrected chi connectivity index (χ1v) is 10.9. The molecular weight excluding hydrogens is 422 g/mol. The van der Waals surface area contributed by atoms with Gasteiger partial charge >= 0.3 is 6.01 Å². The zero-order valence-corrected chi connectivity index (χ0v) is 18.9. The van der Waals surface area contributed by atoms with Gasteiger partial charge in [-0.15, -0.1) is 5.10 Å². The number of hydrogen-bond donors (Lipinski definition) is 1. The quantitative estimate of drug-likeness (QED) is 0.604. The standard InChI is InChI=1S/C23H27N7O3/c1-14(2)33-23-26-11-16(12-27-23)17-13-25-19(10-20(17)32-3)22(31)30-8-6-15(7-9-30)18-4-5-21(24)29-28-18/h4-5,10-15H,6-9H2,1-3H3,(H2,24,29). The summed E-state index contributed by atoms with van der Waals surface area (Å²) in [5.41, 5.74) is 8.29. The van der Waals surface area contributed by atoms with E-state index >= 15 is 0 Å². The molecule has 0 aromatic carbocycles. The van der Waals surface area contributed by atoms with Gasteiger partial charge in [-0.1, -0.05) is 0 Å². The SMILES string of the molecule is COc1cc(C(=O)N2CCC(c3ccc(N)nn3)CC2)ncc1-c1cnc(OC(C)C)nc1. The Kier molecular flexibility index (Phi) is 6.62. The van der Waals surface area contributed by atoms with Gasteiger partial charge in [-0.3, -0.25) is 9.78 Å². The highest BCUT2D eigenvalue weighted by Gasteiger charge is 2.27. The van der Waals surface area contributed by atoms with Gasteiger partial charge in [0.25, 0.3) is 5.91 Å². The van der Waals surface area contributed by atoms with E-state index in [4.69, 9.17) is 15.2 Å². The molecule has 1 aliphatic heterocycles. The van der Waals surface area contributed by atoms with E-state index < -0.39 is 0 Å². The molecule has 33 heavy (non-hydrogen) atoms. The number of likely N-dealkylation sites (tertiary alicyclic amines) is 1. The van der Waals surface area contributed by atoms with Crippen LogP contribution < -0.4 is 15.2 Å². The summed E-state index contributed by atoms with van der Waals surface area (Å²) in [6.45, 7) is 5.06. The van der Waals surface area contributed by atoms with Crippen LogP contribution in [0.4, 0.5) is 5.82 Å². The molecule has 0 spiro atoms. The van der Waals surface area contributed by atoms with Crippen molar-refractivity contribution in [1.82, 2.24) is 30.0 Å². The number of pyridine rings is 1. The lowest BCUT2D eigenvalue weighted by Crippen LogP contribution is -2.38. The highest BCUT2D eigenvalue weighted by molar-refractivity contribution is 5.93. The first-order chi connectivity index (χ1) is 15.9. The number of nitrogens with two attached hydrogens (primary N) is 1. The number of amides is 1. The number of hydrogen-bond acceptors (Lipinski definition) is 9. The van der Waals surface area contributed by atoms with Crippen LogP contribution in [0.1, 0.15) is 48.8 Å². The first-order valence-electron chi connectivity index (χ1n) is 10.9. The monoisotopic (exact) mass is 449 g/mol. The number of piperidine rings is 1. The Bertz CT molecular complexity index is 1100. The average molecular weight is 450 g/mol. The number of carbonyl (C=O) groups excluding carboxylic acids is 1.